The predicted octanol–water partition coefficient (Wildman–Crippen LogP) is -0.450. The number of amides is 1. The maximum atomic E-state index is 9.22. The van der Waals surface area contributed by atoms with Crippen molar-refractivity contribution in [3.05, 3.63) is 18.6 Å². The molecular formula is C6H10N4O. The standard InChI is InChI=1S/C4H5N3.C2H5NO/c5-4-3-6-1-2-7-4;1-2(3)4/h1-3H,(H2,5,7);1H3,(H2,3,4). The molecule has 1 aromatic rings. The molecule has 0 saturated heterocycles. The van der Waals surface area contributed by atoms with Crippen LogP contribution in [0.15, 0.2) is 18.6 Å². The van der Waals surface area contributed by atoms with Crippen molar-refractivity contribution in [2.24, 2.45) is 5.73 Å². The van der Waals surface area contributed by atoms with Gasteiger partial charge in [-0.15, -0.1) is 0 Å². The van der Waals surface area contributed by atoms with Gasteiger partial charge in [0.2, 0.25) is 5.91 Å². The number of anilines is 1. The molecule has 0 saturated carbocycles. The average molecular weight is 154 g/mol. The number of carbonyl (C=O) groups excluding carboxylic acids is 1. The fourth-order valence-electron chi connectivity index (χ4n) is 0.311. The number of hydrogen-bond donors (Lipinski definition) is 2. The van der Waals surface area contributed by atoms with Crippen molar-refractivity contribution in [2.45, 2.75) is 6.92 Å². The van der Waals surface area contributed by atoms with E-state index in [-0.39, 0.29) is 5.91 Å². The minimum atomic E-state index is -0.333. The normalized spacial score (nSPS) is 7.73. The Morgan fingerprint density at radius 3 is 2.27 bits per heavy atom. The van der Waals surface area contributed by atoms with E-state index in [9.17, 15) is 4.79 Å². The van der Waals surface area contributed by atoms with Crippen molar-refractivity contribution in [3.63, 3.8) is 0 Å². The van der Waals surface area contributed by atoms with Gasteiger partial charge in [0.05, 0.1) is 6.20 Å². The first-order chi connectivity index (χ1) is 5.13. The highest BCUT2D eigenvalue weighted by atomic mass is 16.1. The van der Waals surface area contributed by atoms with Gasteiger partial charge in [-0.1, -0.05) is 0 Å². The Labute approximate surface area is 64.4 Å². The summed E-state index contributed by atoms with van der Waals surface area (Å²) in [5.41, 5.74) is 9.66. The first-order valence-corrected chi connectivity index (χ1v) is 2.90. The summed E-state index contributed by atoms with van der Waals surface area (Å²) in [5.74, 6) is 0.127. The van der Waals surface area contributed by atoms with Gasteiger partial charge >= 0.3 is 0 Å². The molecule has 0 radical (unpaired) electrons. The van der Waals surface area contributed by atoms with Crippen LogP contribution in [0.1, 0.15) is 6.92 Å². The fraction of sp³-hybridized carbons (Fsp3) is 0.167. The zero-order valence-electron chi connectivity index (χ0n) is 6.19. The molecule has 5 heteroatoms. The van der Waals surface area contributed by atoms with Gasteiger partial charge in [0.15, 0.2) is 0 Å². The lowest BCUT2D eigenvalue weighted by Crippen LogP contribution is -2.01. The summed E-state index contributed by atoms with van der Waals surface area (Å²) in [6.07, 6.45) is 4.63. The Bertz CT molecular complexity index is 207. The largest absolute Gasteiger partial charge is 0.382 e. The molecule has 0 unspecified atom stereocenters. The van der Waals surface area contributed by atoms with Gasteiger partial charge in [0.25, 0.3) is 0 Å². The van der Waals surface area contributed by atoms with E-state index in [1.165, 1.54) is 13.1 Å². The molecule has 5 nitrogen and oxygen atoms in total. The third-order valence-corrected chi connectivity index (χ3v) is 0.583. The number of aromatic nitrogens is 2. The van der Waals surface area contributed by atoms with Crippen LogP contribution in [0.3, 0.4) is 0 Å². The molecule has 1 aromatic heterocycles. The molecule has 1 heterocycles. The van der Waals surface area contributed by atoms with Crippen LogP contribution < -0.4 is 11.5 Å². The molecule has 1 rings (SSSR count). The third kappa shape index (κ3) is 8.35. The molecule has 0 aliphatic carbocycles. The van der Waals surface area contributed by atoms with Crippen LogP contribution in [0.2, 0.25) is 0 Å². The van der Waals surface area contributed by atoms with Crippen LogP contribution in [0.25, 0.3) is 0 Å². The maximum absolute atomic E-state index is 9.22. The molecule has 0 bridgehead atoms. The van der Waals surface area contributed by atoms with Crippen molar-refractivity contribution in [2.75, 3.05) is 5.73 Å². The van der Waals surface area contributed by atoms with Gasteiger partial charge in [0.1, 0.15) is 5.82 Å². The van der Waals surface area contributed by atoms with E-state index in [1.807, 2.05) is 0 Å². The summed E-state index contributed by atoms with van der Waals surface area (Å²) in [5, 5.41) is 0. The topological polar surface area (TPSA) is 94.9 Å². The lowest BCUT2D eigenvalue weighted by molar-refractivity contribution is -0.115. The van der Waals surface area contributed by atoms with Crippen molar-refractivity contribution >= 4 is 11.7 Å². The van der Waals surface area contributed by atoms with E-state index in [2.05, 4.69) is 15.7 Å². The van der Waals surface area contributed by atoms with Crippen LogP contribution >= 0.6 is 0 Å². The second kappa shape index (κ2) is 5.16. The van der Waals surface area contributed by atoms with Crippen molar-refractivity contribution in [1.29, 1.82) is 0 Å². The van der Waals surface area contributed by atoms with Crippen molar-refractivity contribution < 1.29 is 4.79 Å². The number of carbonyl (C=O) groups is 1. The van der Waals surface area contributed by atoms with Gasteiger partial charge in [-0.2, -0.15) is 0 Å². The lowest BCUT2D eigenvalue weighted by Gasteiger charge is -1.82. The number of nitrogen functional groups attached to an aromatic ring is 1. The quantitative estimate of drug-likeness (QED) is 0.529. The van der Waals surface area contributed by atoms with Crippen LogP contribution in [0.4, 0.5) is 5.82 Å². The van der Waals surface area contributed by atoms with Gasteiger partial charge in [-0.3, -0.25) is 9.78 Å². The molecular weight excluding hydrogens is 144 g/mol. The summed E-state index contributed by atoms with van der Waals surface area (Å²) in [7, 11) is 0. The Balaban J connectivity index is 0.000000218. The van der Waals surface area contributed by atoms with E-state index in [0.717, 1.165) is 0 Å². The molecule has 0 fully saturated rings. The van der Waals surface area contributed by atoms with E-state index >= 15 is 0 Å². The van der Waals surface area contributed by atoms with E-state index < -0.39 is 0 Å². The van der Waals surface area contributed by atoms with Crippen molar-refractivity contribution in [3.8, 4) is 0 Å². The van der Waals surface area contributed by atoms with Crippen LogP contribution in [0, 0.1) is 0 Å². The second-order valence-electron chi connectivity index (χ2n) is 1.74. The van der Waals surface area contributed by atoms with Crippen LogP contribution in [-0.2, 0) is 4.79 Å². The Hall–Kier alpha value is -1.65. The summed E-state index contributed by atoms with van der Waals surface area (Å²) >= 11 is 0. The summed E-state index contributed by atoms with van der Waals surface area (Å²) < 4.78 is 0. The summed E-state index contributed by atoms with van der Waals surface area (Å²) in [4.78, 5) is 16.6. The zero-order chi connectivity index (χ0) is 8.69. The van der Waals surface area contributed by atoms with E-state index in [4.69, 9.17) is 5.73 Å². The summed E-state index contributed by atoms with van der Waals surface area (Å²) in [6, 6.07) is 0. The van der Waals surface area contributed by atoms with Crippen LogP contribution in [-0.4, -0.2) is 15.9 Å². The molecule has 0 aliphatic rings. The number of rotatable bonds is 0. The molecule has 0 aromatic carbocycles. The zero-order valence-corrected chi connectivity index (χ0v) is 6.19. The highest BCUT2D eigenvalue weighted by Crippen LogP contribution is 1.84. The SMILES string of the molecule is CC(N)=O.Nc1cnccn1. The first kappa shape index (κ1) is 9.35. The molecule has 0 aliphatic heterocycles. The fourth-order valence-corrected chi connectivity index (χ4v) is 0.311. The van der Waals surface area contributed by atoms with E-state index in [1.54, 1.807) is 12.4 Å². The molecule has 0 atom stereocenters. The Morgan fingerprint density at radius 1 is 1.55 bits per heavy atom. The minimum absolute atomic E-state index is 0.333. The molecule has 4 N–H and O–H groups in total. The van der Waals surface area contributed by atoms with Crippen molar-refractivity contribution in [1.82, 2.24) is 9.97 Å². The number of primary amides is 1. The lowest BCUT2D eigenvalue weighted by atomic mass is 10.7. The highest BCUT2D eigenvalue weighted by Gasteiger charge is 1.74. The Kier molecular flexibility index (Phi) is 4.39. The van der Waals surface area contributed by atoms with Gasteiger partial charge in [-0.25, -0.2) is 4.98 Å². The molecule has 60 valence electrons. The van der Waals surface area contributed by atoms with Gasteiger partial charge in [-0.05, 0) is 0 Å². The van der Waals surface area contributed by atoms with E-state index in [0.29, 0.717) is 5.82 Å². The Morgan fingerprint density at radius 2 is 2.09 bits per heavy atom. The highest BCUT2D eigenvalue weighted by molar-refractivity contribution is 5.70. The monoisotopic (exact) mass is 154 g/mol. The summed E-state index contributed by atoms with van der Waals surface area (Å²) in [6.45, 7) is 1.31. The molecule has 0 spiro atoms. The van der Waals surface area contributed by atoms with Gasteiger partial charge in [0, 0.05) is 19.3 Å². The third-order valence-electron chi connectivity index (χ3n) is 0.583. The predicted molar refractivity (Wildman–Crippen MR) is 41.3 cm³/mol. The number of hydrogen-bond acceptors (Lipinski definition) is 4. The smallest absolute Gasteiger partial charge is 0.214 e. The maximum Gasteiger partial charge on any atom is 0.214 e. The number of nitrogens with two attached hydrogens (primary N) is 2. The van der Waals surface area contributed by atoms with Crippen LogP contribution in [0.5, 0.6) is 0 Å². The average Bonchev–Trinajstić information content (AvgIpc) is 1.87. The molecule has 1 amide bonds. The van der Waals surface area contributed by atoms with Gasteiger partial charge < -0.3 is 11.5 Å². The second-order valence-corrected chi connectivity index (χ2v) is 1.74. The molecule has 11 heavy (non-hydrogen) atoms. The number of nitrogens with zero attached hydrogens (tertiary/aromatic N) is 2. The first-order valence-electron chi connectivity index (χ1n) is 2.90. The minimum Gasteiger partial charge on any atom is -0.382 e.